The van der Waals surface area contributed by atoms with Gasteiger partial charge in [-0.1, -0.05) is 6.92 Å². The Morgan fingerprint density at radius 2 is 1.95 bits per heavy atom. The van der Waals surface area contributed by atoms with Crippen LogP contribution in [0.25, 0.3) is 0 Å². The largest absolute Gasteiger partial charge is 0.322 e. The molecule has 19 heavy (non-hydrogen) atoms. The SMILES string of the molecule is CSc1ccc(NC(=O)N2C[C@@H](C)CC[C@H]2C)cc1. The summed E-state index contributed by atoms with van der Waals surface area (Å²) in [5.74, 6) is 0.598. The van der Waals surface area contributed by atoms with Crippen molar-refractivity contribution in [2.75, 3.05) is 18.1 Å². The van der Waals surface area contributed by atoms with Crippen LogP contribution in [0.3, 0.4) is 0 Å². The molecule has 0 aliphatic carbocycles. The molecular weight excluding hydrogens is 256 g/mol. The Morgan fingerprint density at radius 3 is 2.58 bits per heavy atom. The van der Waals surface area contributed by atoms with Gasteiger partial charge in [0.05, 0.1) is 0 Å². The van der Waals surface area contributed by atoms with Crippen LogP contribution in [0.1, 0.15) is 26.7 Å². The summed E-state index contributed by atoms with van der Waals surface area (Å²) < 4.78 is 0. The first-order valence-electron chi connectivity index (χ1n) is 6.82. The highest BCUT2D eigenvalue weighted by atomic mass is 32.2. The van der Waals surface area contributed by atoms with Crippen molar-refractivity contribution in [2.24, 2.45) is 5.92 Å². The van der Waals surface area contributed by atoms with Gasteiger partial charge in [-0.15, -0.1) is 11.8 Å². The van der Waals surface area contributed by atoms with Gasteiger partial charge in [-0.2, -0.15) is 0 Å². The Hall–Kier alpha value is -1.16. The van der Waals surface area contributed by atoms with Gasteiger partial charge in [0.1, 0.15) is 0 Å². The summed E-state index contributed by atoms with van der Waals surface area (Å²) in [7, 11) is 0. The van der Waals surface area contributed by atoms with E-state index in [0.717, 1.165) is 18.7 Å². The molecule has 1 fully saturated rings. The molecule has 1 aliphatic heterocycles. The molecule has 2 atom stereocenters. The number of piperidine rings is 1. The zero-order valence-corrected chi connectivity index (χ0v) is 12.7. The molecule has 1 heterocycles. The summed E-state index contributed by atoms with van der Waals surface area (Å²) in [5.41, 5.74) is 0.869. The lowest BCUT2D eigenvalue weighted by Gasteiger charge is -2.36. The molecule has 1 N–H and O–H groups in total. The third kappa shape index (κ3) is 3.66. The summed E-state index contributed by atoms with van der Waals surface area (Å²) in [6.45, 7) is 5.19. The van der Waals surface area contributed by atoms with Gasteiger partial charge in [0.2, 0.25) is 0 Å². The van der Waals surface area contributed by atoms with E-state index in [2.05, 4.69) is 19.2 Å². The Kier molecular flexibility index (Phi) is 4.75. The molecular formula is C15H22N2OS. The smallest absolute Gasteiger partial charge is 0.322 e. The molecule has 1 saturated heterocycles. The number of hydrogen-bond donors (Lipinski definition) is 1. The van der Waals surface area contributed by atoms with E-state index in [-0.39, 0.29) is 6.03 Å². The molecule has 0 spiro atoms. The van der Waals surface area contributed by atoms with Crippen molar-refractivity contribution < 1.29 is 4.79 Å². The molecule has 1 aromatic rings. The zero-order chi connectivity index (χ0) is 13.8. The van der Waals surface area contributed by atoms with Gasteiger partial charge in [0.25, 0.3) is 0 Å². The van der Waals surface area contributed by atoms with Crippen LogP contribution in [-0.2, 0) is 0 Å². The van der Waals surface area contributed by atoms with Crippen LogP contribution >= 0.6 is 11.8 Å². The first-order valence-corrected chi connectivity index (χ1v) is 8.04. The van der Waals surface area contributed by atoms with Gasteiger partial charge in [-0.3, -0.25) is 0 Å². The number of amides is 2. The van der Waals surface area contributed by atoms with Crippen molar-refractivity contribution in [2.45, 2.75) is 37.6 Å². The highest BCUT2D eigenvalue weighted by Crippen LogP contribution is 2.23. The monoisotopic (exact) mass is 278 g/mol. The number of nitrogens with one attached hydrogen (secondary N) is 1. The molecule has 1 aromatic carbocycles. The van der Waals surface area contributed by atoms with Crippen LogP contribution in [0.5, 0.6) is 0 Å². The van der Waals surface area contributed by atoms with Crippen LogP contribution in [0.2, 0.25) is 0 Å². The minimum Gasteiger partial charge on any atom is -0.322 e. The summed E-state index contributed by atoms with van der Waals surface area (Å²) in [6.07, 6.45) is 4.36. The number of anilines is 1. The number of nitrogens with zero attached hydrogens (tertiary/aromatic N) is 1. The topological polar surface area (TPSA) is 32.3 Å². The fourth-order valence-electron chi connectivity index (χ4n) is 2.44. The number of rotatable bonds is 2. The lowest BCUT2D eigenvalue weighted by Crippen LogP contribution is -2.46. The first-order chi connectivity index (χ1) is 9.10. The minimum atomic E-state index is 0.0240. The number of likely N-dealkylation sites (tertiary alicyclic amines) is 1. The molecule has 104 valence electrons. The van der Waals surface area contributed by atoms with Crippen molar-refractivity contribution in [3.05, 3.63) is 24.3 Å². The van der Waals surface area contributed by atoms with E-state index in [1.54, 1.807) is 11.8 Å². The minimum absolute atomic E-state index is 0.0240. The van der Waals surface area contributed by atoms with Gasteiger partial charge >= 0.3 is 6.03 Å². The molecule has 0 aromatic heterocycles. The predicted molar refractivity (Wildman–Crippen MR) is 81.8 cm³/mol. The maximum Gasteiger partial charge on any atom is 0.322 e. The third-order valence-electron chi connectivity index (χ3n) is 3.72. The lowest BCUT2D eigenvalue weighted by molar-refractivity contribution is 0.147. The molecule has 4 heteroatoms. The average Bonchev–Trinajstić information content (AvgIpc) is 2.42. The van der Waals surface area contributed by atoms with Crippen LogP contribution in [0, 0.1) is 5.92 Å². The van der Waals surface area contributed by atoms with E-state index in [1.165, 1.54) is 11.3 Å². The van der Waals surface area contributed by atoms with Gasteiger partial charge < -0.3 is 10.2 Å². The van der Waals surface area contributed by atoms with E-state index in [1.807, 2.05) is 35.4 Å². The number of urea groups is 1. The normalized spacial score (nSPS) is 23.2. The maximum atomic E-state index is 12.3. The van der Waals surface area contributed by atoms with E-state index in [9.17, 15) is 4.79 Å². The summed E-state index contributed by atoms with van der Waals surface area (Å²) in [6, 6.07) is 8.34. The Morgan fingerprint density at radius 1 is 1.26 bits per heavy atom. The van der Waals surface area contributed by atoms with Crippen LogP contribution < -0.4 is 5.32 Å². The van der Waals surface area contributed by atoms with Gasteiger partial charge in [0.15, 0.2) is 0 Å². The molecule has 1 aliphatic rings. The molecule has 3 nitrogen and oxygen atoms in total. The van der Waals surface area contributed by atoms with Crippen molar-refractivity contribution >= 4 is 23.5 Å². The van der Waals surface area contributed by atoms with Crippen molar-refractivity contribution in [3.63, 3.8) is 0 Å². The standard InChI is InChI=1S/C15H22N2OS/c1-11-4-5-12(2)17(10-11)15(18)16-13-6-8-14(19-3)9-7-13/h6-9,11-12H,4-5,10H2,1-3H3,(H,16,18)/t11-,12+/m0/s1. The molecule has 0 bridgehead atoms. The van der Waals surface area contributed by atoms with Crippen LogP contribution in [-0.4, -0.2) is 29.8 Å². The quantitative estimate of drug-likeness (QED) is 0.827. The second-order valence-electron chi connectivity index (χ2n) is 5.34. The van der Waals surface area contributed by atoms with Crippen LogP contribution in [0.15, 0.2) is 29.2 Å². The lowest BCUT2D eigenvalue weighted by atomic mass is 9.95. The van der Waals surface area contributed by atoms with Crippen LogP contribution in [0.4, 0.5) is 10.5 Å². The predicted octanol–water partition coefficient (Wildman–Crippen LogP) is 4.06. The number of thioether (sulfide) groups is 1. The molecule has 2 rings (SSSR count). The van der Waals surface area contributed by atoms with E-state index in [4.69, 9.17) is 0 Å². The van der Waals surface area contributed by atoms with Crippen molar-refractivity contribution in [1.29, 1.82) is 0 Å². The molecule has 0 unspecified atom stereocenters. The number of hydrogen-bond acceptors (Lipinski definition) is 2. The molecule has 0 saturated carbocycles. The maximum absolute atomic E-state index is 12.3. The van der Waals surface area contributed by atoms with Gasteiger partial charge in [0, 0.05) is 23.2 Å². The van der Waals surface area contributed by atoms with E-state index >= 15 is 0 Å². The van der Waals surface area contributed by atoms with Crippen molar-refractivity contribution in [3.8, 4) is 0 Å². The molecule has 2 amide bonds. The number of carbonyl (C=O) groups excluding carboxylic acids is 1. The number of carbonyl (C=O) groups is 1. The third-order valence-corrected chi connectivity index (χ3v) is 4.46. The highest BCUT2D eigenvalue weighted by molar-refractivity contribution is 7.98. The Balaban J connectivity index is 1.99. The van der Waals surface area contributed by atoms with Gasteiger partial charge in [-0.05, 0) is 56.2 Å². The Bertz CT molecular complexity index is 432. The fourth-order valence-corrected chi connectivity index (χ4v) is 2.85. The first kappa shape index (κ1) is 14.3. The summed E-state index contributed by atoms with van der Waals surface area (Å²) >= 11 is 1.70. The second-order valence-corrected chi connectivity index (χ2v) is 6.22. The number of benzene rings is 1. The zero-order valence-electron chi connectivity index (χ0n) is 11.8. The summed E-state index contributed by atoms with van der Waals surface area (Å²) in [4.78, 5) is 15.4. The summed E-state index contributed by atoms with van der Waals surface area (Å²) in [5, 5.41) is 2.99. The van der Waals surface area contributed by atoms with Gasteiger partial charge in [-0.25, -0.2) is 4.79 Å². The highest BCUT2D eigenvalue weighted by Gasteiger charge is 2.26. The molecule has 0 radical (unpaired) electrons. The van der Waals surface area contributed by atoms with E-state index < -0.39 is 0 Å². The fraction of sp³-hybridized carbons (Fsp3) is 0.533. The second kappa shape index (κ2) is 6.33. The average molecular weight is 278 g/mol. The van der Waals surface area contributed by atoms with Crippen molar-refractivity contribution in [1.82, 2.24) is 4.90 Å². The van der Waals surface area contributed by atoms with E-state index in [0.29, 0.717) is 12.0 Å². The Labute approximate surface area is 119 Å².